The van der Waals surface area contributed by atoms with Crippen LogP contribution in [0.4, 0.5) is 10.5 Å². The first-order valence-electron chi connectivity index (χ1n) is 9.62. The van der Waals surface area contributed by atoms with Crippen molar-refractivity contribution in [2.75, 3.05) is 32.7 Å². The van der Waals surface area contributed by atoms with E-state index in [2.05, 4.69) is 4.90 Å². The van der Waals surface area contributed by atoms with Crippen LogP contribution in [0.2, 0.25) is 0 Å². The Morgan fingerprint density at radius 3 is 2.43 bits per heavy atom. The van der Waals surface area contributed by atoms with Gasteiger partial charge in [-0.25, -0.2) is 4.79 Å². The molecule has 9 heteroatoms. The Hall–Kier alpha value is -2.68. The van der Waals surface area contributed by atoms with Gasteiger partial charge in [0.1, 0.15) is 0 Å². The summed E-state index contributed by atoms with van der Waals surface area (Å²) in [5, 5.41) is 20.7. The van der Waals surface area contributed by atoms with Crippen LogP contribution in [-0.4, -0.2) is 81.5 Å². The highest BCUT2D eigenvalue weighted by Gasteiger charge is 2.39. The Balaban J connectivity index is 1.80. The Morgan fingerprint density at radius 1 is 1.14 bits per heavy atom. The van der Waals surface area contributed by atoms with Gasteiger partial charge < -0.3 is 19.8 Å². The highest BCUT2D eigenvalue weighted by Crippen LogP contribution is 2.24. The second kappa shape index (κ2) is 8.55. The molecule has 0 bridgehead atoms. The van der Waals surface area contributed by atoms with Crippen LogP contribution >= 0.6 is 0 Å². The first-order valence-corrected chi connectivity index (χ1v) is 9.62. The summed E-state index contributed by atoms with van der Waals surface area (Å²) in [6, 6.07) is 5.66. The van der Waals surface area contributed by atoms with E-state index in [4.69, 9.17) is 0 Å². The number of piperazine rings is 1. The Morgan fingerprint density at radius 2 is 1.79 bits per heavy atom. The minimum Gasteiger partial charge on any atom is -0.465 e. The number of para-hydroxylation sites is 1. The molecule has 0 aliphatic carbocycles. The molecule has 9 nitrogen and oxygen atoms in total. The van der Waals surface area contributed by atoms with Crippen LogP contribution < -0.4 is 0 Å². The lowest BCUT2D eigenvalue weighted by Crippen LogP contribution is -2.64. The van der Waals surface area contributed by atoms with Crippen molar-refractivity contribution in [3.05, 3.63) is 39.9 Å². The number of carbonyl (C=O) groups is 2. The molecule has 152 valence electrons. The molecule has 2 aliphatic rings. The third-order valence-electron chi connectivity index (χ3n) is 5.77. The van der Waals surface area contributed by atoms with Gasteiger partial charge in [0.2, 0.25) is 5.91 Å². The van der Waals surface area contributed by atoms with E-state index in [0.29, 0.717) is 18.7 Å². The van der Waals surface area contributed by atoms with Crippen LogP contribution in [0, 0.1) is 10.1 Å². The standard InChI is InChI=1S/C19H26N4O5/c1-14-17(13-20-8-4-5-9-20)22(11-10-21(14)19(25)26)18(24)12-15-6-2-3-7-16(15)23(27)28/h2-3,6-7,14,17H,4-5,8-13H2,1H3,(H,25,26)/t14-,17+/m0/s1. The largest absolute Gasteiger partial charge is 0.465 e. The van der Waals surface area contributed by atoms with Gasteiger partial charge in [-0.05, 0) is 32.9 Å². The third kappa shape index (κ3) is 4.24. The molecule has 2 heterocycles. The molecule has 1 aromatic rings. The molecule has 1 aromatic carbocycles. The number of nitro groups is 1. The zero-order chi connectivity index (χ0) is 20.3. The quantitative estimate of drug-likeness (QED) is 0.607. The molecule has 0 saturated carbocycles. The van der Waals surface area contributed by atoms with Crippen molar-refractivity contribution in [1.29, 1.82) is 0 Å². The molecule has 2 aliphatic heterocycles. The van der Waals surface area contributed by atoms with E-state index in [1.807, 2.05) is 6.92 Å². The average Bonchev–Trinajstić information content (AvgIpc) is 3.16. The van der Waals surface area contributed by atoms with Gasteiger partial charge in [-0.1, -0.05) is 18.2 Å². The summed E-state index contributed by atoms with van der Waals surface area (Å²) in [5.74, 6) is -0.199. The summed E-state index contributed by atoms with van der Waals surface area (Å²) in [6.07, 6.45) is 1.17. The fourth-order valence-electron chi connectivity index (χ4n) is 4.22. The van der Waals surface area contributed by atoms with E-state index in [9.17, 15) is 24.8 Å². The maximum Gasteiger partial charge on any atom is 0.407 e. The molecule has 28 heavy (non-hydrogen) atoms. The van der Waals surface area contributed by atoms with Gasteiger partial charge in [-0.2, -0.15) is 0 Å². The molecule has 2 amide bonds. The van der Waals surface area contributed by atoms with Gasteiger partial charge >= 0.3 is 6.09 Å². The normalized spacial score (nSPS) is 23.0. The number of hydrogen-bond donors (Lipinski definition) is 1. The SMILES string of the molecule is C[C@H]1[C@@H](CN2CCCC2)N(C(=O)Cc2ccccc2[N+](=O)[O-])CCN1C(=O)O. The van der Waals surface area contributed by atoms with Gasteiger partial charge in [0, 0.05) is 31.3 Å². The average molecular weight is 390 g/mol. The van der Waals surface area contributed by atoms with E-state index in [-0.39, 0.29) is 36.6 Å². The van der Waals surface area contributed by atoms with E-state index in [0.717, 1.165) is 25.9 Å². The predicted molar refractivity (Wildman–Crippen MR) is 102 cm³/mol. The number of amides is 2. The van der Waals surface area contributed by atoms with Gasteiger partial charge in [0.15, 0.2) is 0 Å². The molecule has 2 atom stereocenters. The number of carbonyl (C=O) groups excluding carboxylic acids is 1. The zero-order valence-corrected chi connectivity index (χ0v) is 16.0. The molecular weight excluding hydrogens is 364 g/mol. The zero-order valence-electron chi connectivity index (χ0n) is 16.0. The number of rotatable bonds is 5. The summed E-state index contributed by atoms with van der Waals surface area (Å²) in [6.45, 7) is 4.89. The fraction of sp³-hybridized carbons (Fsp3) is 0.579. The fourth-order valence-corrected chi connectivity index (χ4v) is 4.22. The van der Waals surface area contributed by atoms with Crippen molar-refractivity contribution >= 4 is 17.7 Å². The monoisotopic (exact) mass is 390 g/mol. The molecule has 0 spiro atoms. The van der Waals surface area contributed by atoms with Gasteiger partial charge in [-0.3, -0.25) is 14.9 Å². The second-order valence-corrected chi connectivity index (χ2v) is 7.44. The smallest absolute Gasteiger partial charge is 0.407 e. The molecule has 0 aromatic heterocycles. The number of carboxylic acid groups (broad SMARTS) is 1. The lowest BCUT2D eigenvalue weighted by Gasteiger charge is -2.46. The van der Waals surface area contributed by atoms with E-state index in [1.54, 1.807) is 23.1 Å². The van der Waals surface area contributed by atoms with E-state index < -0.39 is 11.0 Å². The predicted octanol–water partition coefficient (Wildman–Crippen LogP) is 1.81. The minimum absolute atomic E-state index is 0.0621. The van der Waals surface area contributed by atoms with Crippen LogP contribution in [0.5, 0.6) is 0 Å². The van der Waals surface area contributed by atoms with Crippen molar-refractivity contribution in [2.24, 2.45) is 0 Å². The number of hydrogen-bond acceptors (Lipinski definition) is 5. The molecule has 2 fully saturated rings. The van der Waals surface area contributed by atoms with Gasteiger partial charge in [0.05, 0.1) is 23.4 Å². The van der Waals surface area contributed by atoms with Gasteiger partial charge in [-0.15, -0.1) is 0 Å². The van der Waals surface area contributed by atoms with Crippen molar-refractivity contribution in [3.63, 3.8) is 0 Å². The van der Waals surface area contributed by atoms with Crippen LogP contribution in [0.1, 0.15) is 25.3 Å². The van der Waals surface area contributed by atoms with Crippen molar-refractivity contribution in [3.8, 4) is 0 Å². The number of likely N-dealkylation sites (tertiary alicyclic amines) is 1. The number of nitro benzene ring substituents is 1. The van der Waals surface area contributed by atoms with Crippen molar-refractivity contribution < 1.29 is 19.6 Å². The first-order chi connectivity index (χ1) is 13.4. The Labute approximate surface area is 163 Å². The first kappa shape index (κ1) is 20.1. The third-order valence-corrected chi connectivity index (χ3v) is 5.77. The molecular formula is C19H26N4O5. The maximum atomic E-state index is 13.1. The molecule has 3 rings (SSSR count). The van der Waals surface area contributed by atoms with Crippen molar-refractivity contribution in [1.82, 2.24) is 14.7 Å². The molecule has 0 unspecified atom stereocenters. The van der Waals surface area contributed by atoms with Crippen LogP contribution in [0.15, 0.2) is 24.3 Å². The van der Waals surface area contributed by atoms with E-state index in [1.165, 1.54) is 11.0 Å². The van der Waals surface area contributed by atoms with Crippen LogP contribution in [0.3, 0.4) is 0 Å². The summed E-state index contributed by atoms with van der Waals surface area (Å²) in [4.78, 5) is 40.8. The Bertz CT molecular complexity index is 750. The summed E-state index contributed by atoms with van der Waals surface area (Å²) < 4.78 is 0. The number of benzene rings is 1. The van der Waals surface area contributed by atoms with Crippen LogP contribution in [-0.2, 0) is 11.2 Å². The summed E-state index contributed by atoms with van der Waals surface area (Å²) in [7, 11) is 0. The highest BCUT2D eigenvalue weighted by atomic mass is 16.6. The van der Waals surface area contributed by atoms with Crippen LogP contribution in [0.25, 0.3) is 0 Å². The Kier molecular flexibility index (Phi) is 6.13. The van der Waals surface area contributed by atoms with Gasteiger partial charge in [0.25, 0.3) is 5.69 Å². The molecule has 1 N–H and O–H groups in total. The molecule has 2 saturated heterocycles. The van der Waals surface area contributed by atoms with E-state index >= 15 is 0 Å². The topological polar surface area (TPSA) is 107 Å². The molecule has 0 radical (unpaired) electrons. The lowest BCUT2D eigenvalue weighted by molar-refractivity contribution is -0.385. The lowest BCUT2D eigenvalue weighted by atomic mass is 10.0. The summed E-state index contributed by atoms with van der Waals surface area (Å²) >= 11 is 0. The highest BCUT2D eigenvalue weighted by molar-refractivity contribution is 5.81. The maximum absolute atomic E-state index is 13.1. The minimum atomic E-state index is -0.982. The van der Waals surface area contributed by atoms with Crippen molar-refractivity contribution in [2.45, 2.75) is 38.3 Å². The number of nitrogens with zero attached hydrogens (tertiary/aromatic N) is 4. The second-order valence-electron chi connectivity index (χ2n) is 7.44. The summed E-state index contributed by atoms with van der Waals surface area (Å²) in [5.41, 5.74) is 0.315.